The van der Waals surface area contributed by atoms with Crippen molar-refractivity contribution in [3.8, 4) is 5.69 Å². The predicted octanol–water partition coefficient (Wildman–Crippen LogP) is 11.2. The van der Waals surface area contributed by atoms with Crippen LogP contribution in [0.25, 0.3) is 38.6 Å². The van der Waals surface area contributed by atoms with Crippen molar-refractivity contribution >= 4 is 50.3 Å². The van der Waals surface area contributed by atoms with E-state index in [4.69, 9.17) is 9.98 Å². The molecule has 0 amide bonds. The highest BCUT2D eigenvalue weighted by atomic mass is 15.3. The third-order valence-corrected chi connectivity index (χ3v) is 11.1. The van der Waals surface area contributed by atoms with Crippen molar-refractivity contribution in [1.82, 2.24) is 4.57 Å². The van der Waals surface area contributed by atoms with Gasteiger partial charge in [0.15, 0.2) is 5.84 Å². The van der Waals surface area contributed by atoms with Gasteiger partial charge < -0.3 is 9.47 Å². The lowest BCUT2D eigenvalue weighted by molar-refractivity contribution is 0.654. The molecule has 1 aliphatic carbocycles. The average molecular weight is 669 g/mol. The van der Waals surface area contributed by atoms with E-state index < -0.39 is 0 Å². The zero-order chi connectivity index (χ0) is 34.8. The molecule has 10 rings (SSSR count). The number of anilines is 1. The lowest BCUT2D eigenvalue weighted by Crippen LogP contribution is -2.34. The number of aromatic nitrogens is 1. The molecule has 0 spiro atoms. The van der Waals surface area contributed by atoms with Gasteiger partial charge in [-0.05, 0) is 76.7 Å². The Morgan fingerprint density at radius 2 is 1.33 bits per heavy atom. The minimum absolute atomic E-state index is 0.112. The Kier molecular flexibility index (Phi) is 6.87. The highest BCUT2D eigenvalue weighted by Gasteiger charge is 2.68. The first-order valence-corrected chi connectivity index (χ1v) is 18.0. The Bertz CT molecular complexity index is 2660. The normalized spacial score (nSPS) is 22.4. The van der Waals surface area contributed by atoms with Gasteiger partial charge in [-0.1, -0.05) is 135 Å². The zero-order valence-electron chi connectivity index (χ0n) is 28.9. The molecule has 3 heterocycles. The van der Waals surface area contributed by atoms with Crippen molar-refractivity contribution in [1.29, 1.82) is 0 Å². The summed E-state index contributed by atoms with van der Waals surface area (Å²) in [5, 5.41) is 2.45. The van der Waals surface area contributed by atoms with Gasteiger partial charge in [-0.25, -0.2) is 4.99 Å². The van der Waals surface area contributed by atoms with Gasteiger partial charge in [0.2, 0.25) is 0 Å². The highest BCUT2D eigenvalue weighted by Crippen LogP contribution is 2.63. The number of hydrogen-bond acceptors (Lipinski definition) is 3. The first kappa shape index (κ1) is 30.3. The van der Waals surface area contributed by atoms with Gasteiger partial charge in [0.1, 0.15) is 11.4 Å². The van der Waals surface area contributed by atoms with Crippen LogP contribution in [0.5, 0.6) is 0 Å². The summed E-state index contributed by atoms with van der Waals surface area (Å²) in [5.74, 6) is 2.15. The second kappa shape index (κ2) is 11.8. The van der Waals surface area contributed by atoms with Gasteiger partial charge in [0.25, 0.3) is 0 Å². The number of amidine groups is 2. The van der Waals surface area contributed by atoms with Crippen molar-refractivity contribution in [2.24, 2.45) is 21.8 Å². The fourth-order valence-corrected chi connectivity index (χ4v) is 8.54. The van der Waals surface area contributed by atoms with E-state index in [1.165, 1.54) is 27.4 Å². The maximum Gasteiger partial charge on any atom is 0.157 e. The monoisotopic (exact) mass is 668 g/mol. The van der Waals surface area contributed by atoms with Gasteiger partial charge in [-0.2, -0.15) is 0 Å². The summed E-state index contributed by atoms with van der Waals surface area (Å²) >= 11 is 0. The van der Waals surface area contributed by atoms with Crippen LogP contribution in [0.3, 0.4) is 0 Å². The topological polar surface area (TPSA) is 32.9 Å². The van der Waals surface area contributed by atoms with E-state index in [0.717, 1.165) is 50.9 Å². The molecule has 2 aliphatic heterocycles. The zero-order valence-corrected chi connectivity index (χ0v) is 28.9. The molecule has 3 unspecified atom stereocenters. The van der Waals surface area contributed by atoms with E-state index in [9.17, 15) is 0 Å². The quantitative estimate of drug-likeness (QED) is 0.184. The molecular weight excluding hydrogens is 633 g/mol. The number of aliphatic imine (C=N–C) groups is 2. The number of hydrogen-bond donors (Lipinski definition) is 0. The van der Waals surface area contributed by atoms with Crippen molar-refractivity contribution in [2.45, 2.75) is 12.5 Å². The van der Waals surface area contributed by atoms with Crippen molar-refractivity contribution < 1.29 is 0 Å². The summed E-state index contributed by atoms with van der Waals surface area (Å²) in [6.07, 6.45) is 6.66. The first-order chi connectivity index (χ1) is 25.6. The molecule has 3 aliphatic rings. The van der Waals surface area contributed by atoms with E-state index in [-0.39, 0.29) is 17.4 Å². The minimum atomic E-state index is -0.387. The van der Waals surface area contributed by atoms with Gasteiger partial charge in [0.05, 0.1) is 22.6 Å². The lowest BCUT2D eigenvalue weighted by atomic mass is 9.95. The fraction of sp³-hybridized carbons (Fsp3) is 0.0833. The van der Waals surface area contributed by atoms with Crippen LogP contribution in [0.1, 0.15) is 29.2 Å². The molecule has 7 aromatic rings. The molecule has 4 nitrogen and oxygen atoms in total. The molecule has 4 heteroatoms. The molecule has 0 N–H and O–H groups in total. The van der Waals surface area contributed by atoms with E-state index in [0.29, 0.717) is 0 Å². The van der Waals surface area contributed by atoms with Crippen LogP contribution in [0.2, 0.25) is 0 Å². The van der Waals surface area contributed by atoms with Gasteiger partial charge in [0, 0.05) is 33.8 Å². The SMILES string of the molecule is C=C1/C=C(c2ccc3c(c2)c2ccccc2n3-c2ccccc2)\C=C/N(C2=NC(c3ccccc3)=NC3(c4ccccc4)C(C)C23)c2ccccc21. The number of para-hydroxylation sites is 3. The molecule has 0 saturated heterocycles. The largest absolute Gasteiger partial charge is 0.309 e. The maximum absolute atomic E-state index is 5.45. The average Bonchev–Trinajstić information content (AvgIpc) is 3.68. The van der Waals surface area contributed by atoms with Gasteiger partial charge in [-0.15, -0.1) is 0 Å². The van der Waals surface area contributed by atoms with Gasteiger partial charge in [-0.3, -0.25) is 4.99 Å². The van der Waals surface area contributed by atoms with Crippen molar-refractivity contribution in [2.75, 3.05) is 4.90 Å². The second-order valence-electron chi connectivity index (χ2n) is 14.0. The maximum atomic E-state index is 5.45. The summed E-state index contributed by atoms with van der Waals surface area (Å²) in [6.45, 7) is 6.95. The van der Waals surface area contributed by atoms with Crippen LogP contribution in [0, 0.1) is 11.8 Å². The van der Waals surface area contributed by atoms with Crippen LogP contribution in [0.15, 0.2) is 193 Å². The smallest absolute Gasteiger partial charge is 0.157 e. The molecule has 1 fully saturated rings. The Hall–Kier alpha value is -6.52. The number of nitrogens with zero attached hydrogens (tertiary/aromatic N) is 4. The summed E-state index contributed by atoms with van der Waals surface area (Å²) in [7, 11) is 0. The Morgan fingerprint density at radius 3 is 2.13 bits per heavy atom. The molecule has 52 heavy (non-hydrogen) atoms. The molecule has 1 saturated carbocycles. The summed E-state index contributed by atoms with van der Waals surface area (Å²) in [4.78, 5) is 13.2. The third kappa shape index (κ3) is 4.61. The van der Waals surface area contributed by atoms with E-state index in [1.807, 2.05) is 6.07 Å². The lowest BCUT2D eigenvalue weighted by Gasteiger charge is -2.30. The second-order valence-corrected chi connectivity index (χ2v) is 14.0. The molecule has 3 atom stereocenters. The number of fused-ring (bicyclic) bond motifs is 5. The van der Waals surface area contributed by atoms with E-state index >= 15 is 0 Å². The van der Waals surface area contributed by atoms with Crippen molar-refractivity contribution in [3.05, 3.63) is 205 Å². The van der Waals surface area contributed by atoms with Crippen LogP contribution in [-0.2, 0) is 5.54 Å². The summed E-state index contributed by atoms with van der Waals surface area (Å²) < 4.78 is 2.36. The van der Waals surface area contributed by atoms with E-state index in [2.05, 4.69) is 193 Å². The molecule has 248 valence electrons. The standard InChI is InChI=1S/C48H36N4/c1-32-30-36(35-26-27-44-41(31-35)40-23-13-15-25-43(40)52(44)38-20-10-5-11-21-38)28-29-51(42-24-14-12-22-39(32)42)47-45-33(2)48(45,37-18-8-4-9-19-37)50-46(49-47)34-16-6-3-7-17-34/h3-31,33,45H,1H2,2H3/b29-28-,36-30+. The number of rotatable bonds is 4. The highest BCUT2D eigenvalue weighted by molar-refractivity contribution is 6.17. The number of allylic oxidation sites excluding steroid dienone is 4. The molecule has 0 radical (unpaired) electrons. The predicted molar refractivity (Wildman–Crippen MR) is 217 cm³/mol. The summed E-state index contributed by atoms with van der Waals surface area (Å²) in [5.41, 5.74) is 10.7. The van der Waals surface area contributed by atoms with E-state index in [1.54, 1.807) is 0 Å². The molecule has 0 bridgehead atoms. The van der Waals surface area contributed by atoms with Crippen molar-refractivity contribution in [3.63, 3.8) is 0 Å². The first-order valence-electron chi connectivity index (χ1n) is 18.0. The van der Waals surface area contributed by atoms with Crippen LogP contribution >= 0.6 is 0 Å². The van der Waals surface area contributed by atoms with Crippen LogP contribution in [-0.4, -0.2) is 16.2 Å². The Morgan fingerprint density at radius 1 is 0.654 bits per heavy atom. The van der Waals surface area contributed by atoms with Crippen LogP contribution in [0.4, 0.5) is 5.69 Å². The Balaban J connectivity index is 1.13. The fourth-order valence-electron chi connectivity index (χ4n) is 8.54. The van der Waals surface area contributed by atoms with Gasteiger partial charge >= 0.3 is 0 Å². The number of benzene rings is 6. The Labute approximate surface area is 303 Å². The molecular formula is C48H36N4. The molecule has 1 aromatic heterocycles. The van der Waals surface area contributed by atoms with Crippen LogP contribution < -0.4 is 4.90 Å². The minimum Gasteiger partial charge on any atom is -0.309 e. The summed E-state index contributed by atoms with van der Waals surface area (Å²) in [6, 6.07) is 55.8. The molecule has 6 aromatic carbocycles. The third-order valence-electron chi connectivity index (χ3n) is 11.1.